The Morgan fingerprint density at radius 2 is 1.75 bits per heavy atom. The minimum absolute atomic E-state index is 0.0226. The normalized spacial score (nSPS) is 10.9. The van der Waals surface area contributed by atoms with Gasteiger partial charge in [-0.2, -0.15) is 13.2 Å². The number of aliphatic carboxylic acids is 1. The first-order valence-corrected chi connectivity index (χ1v) is 4.66. The van der Waals surface area contributed by atoms with Gasteiger partial charge in [0, 0.05) is 13.0 Å². The summed E-state index contributed by atoms with van der Waals surface area (Å²) in [4.78, 5) is 20.7. The first-order chi connectivity index (χ1) is 7.31. The van der Waals surface area contributed by atoms with Crippen LogP contribution in [0.3, 0.4) is 0 Å². The number of nitrogens with one attached hydrogen (secondary N) is 2. The van der Waals surface area contributed by atoms with Crippen molar-refractivity contribution in [1.82, 2.24) is 10.6 Å². The summed E-state index contributed by atoms with van der Waals surface area (Å²) < 4.78 is 34.8. The van der Waals surface area contributed by atoms with Crippen molar-refractivity contribution < 1.29 is 27.9 Å². The predicted octanol–water partition coefficient (Wildman–Crippen LogP) is 1.45. The summed E-state index contributed by atoms with van der Waals surface area (Å²) in [6.45, 7) is 0.0849. The number of amides is 2. The van der Waals surface area contributed by atoms with Crippen molar-refractivity contribution in [2.45, 2.75) is 32.0 Å². The maximum absolute atomic E-state index is 11.6. The highest BCUT2D eigenvalue weighted by Crippen LogP contribution is 2.08. The van der Waals surface area contributed by atoms with Gasteiger partial charge < -0.3 is 10.4 Å². The molecule has 0 unspecified atom stereocenters. The fraction of sp³-hybridized carbons (Fsp3) is 0.750. The van der Waals surface area contributed by atoms with Crippen LogP contribution in [0.15, 0.2) is 0 Å². The largest absolute Gasteiger partial charge is 0.485 e. The zero-order valence-electron chi connectivity index (χ0n) is 8.43. The van der Waals surface area contributed by atoms with Crippen molar-refractivity contribution in [2.75, 3.05) is 6.54 Å². The summed E-state index contributed by atoms with van der Waals surface area (Å²) in [5.41, 5.74) is 0. The Morgan fingerprint density at radius 3 is 2.25 bits per heavy atom. The van der Waals surface area contributed by atoms with Crippen molar-refractivity contribution in [1.29, 1.82) is 0 Å². The summed E-state index contributed by atoms with van der Waals surface area (Å²) in [6, 6.07) is -1.30. The van der Waals surface area contributed by atoms with E-state index in [4.69, 9.17) is 5.11 Å². The summed E-state index contributed by atoms with van der Waals surface area (Å²) in [5.74, 6) is -0.914. The molecule has 0 spiro atoms. The van der Waals surface area contributed by atoms with Gasteiger partial charge in [-0.15, -0.1) is 0 Å². The van der Waals surface area contributed by atoms with Crippen molar-refractivity contribution >= 4 is 12.0 Å². The van der Waals surface area contributed by atoms with E-state index in [1.807, 2.05) is 5.32 Å². The fourth-order valence-electron chi connectivity index (χ4n) is 0.953. The van der Waals surface area contributed by atoms with Gasteiger partial charge in [0.05, 0.1) is 0 Å². The third-order valence-corrected chi connectivity index (χ3v) is 1.61. The van der Waals surface area contributed by atoms with Crippen LogP contribution in [0, 0.1) is 0 Å². The molecule has 16 heavy (non-hydrogen) atoms. The van der Waals surface area contributed by atoms with Gasteiger partial charge in [0.25, 0.3) is 0 Å². The van der Waals surface area contributed by atoms with Crippen LogP contribution in [0.25, 0.3) is 0 Å². The lowest BCUT2D eigenvalue weighted by atomic mass is 10.2. The summed E-state index contributed by atoms with van der Waals surface area (Å²) >= 11 is 0. The molecule has 2 amide bonds. The Kier molecular flexibility index (Phi) is 6.28. The van der Waals surface area contributed by atoms with Crippen LogP contribution in [-0.4, -0.2) is 30.0 Å². The zero-order chi connectivity index (χ0) is 12.6. The second kappa shape index (κ2) is 6.91. The van der Waals surface area contributed by atoms with Crippen LogP contribution in [-0.2, 0) is 4.79 Å². The first-order valence-electron chi connectivity index (χ1n) is 4.66. The molecule has 0 aliphatic carbocycles. The topological polar surface area (TPSA) is 78.4 Å². The SMILES string of the molecule is O=C(O)CCCCCNC(=O)NC(F)(F)F. The van der Waals surface area contributed by atoms with E-state index < -0.39 is 18.3 Å². The molecular formula is C8H13F3N2O3. The third-order valence-electron chi connectivity index (χ3n) is 1.61. The fourth-order valence-corrected chi connectivity index (χ4v) is 0.953. The predicted molar refractivity (Wildman–Crippen MR) is 48.7 cm³/mol. The summed E-state index contributed by atoms with van der Waals surface area (Å²) in [7, 11) is 0. The van der Waals surface area contributed by atoms with E-state index in [2.05, 4.69) is 0 Å². The molecule has 0 fully saturated rings. The second-order valence-corrected chi connectivity index (χ2v) is 3.08. The molecule has 0 bridgehead atoms. The molecule has 0 aliphatic rings. The Balaban J connectivity index is 3.38. The standard InChI is InChI=1S/C8H13F3N2O3/c9-8(10,11)13-7(16)12-5-3-1-2-4-6(14)15/h1-5H2,(H,14,15)(H2,12,13,16). The van der Waals surface area contributed by atoms with Crippen LogP contribution >= 0.6 is 0 Å². The van der Waals surface area contributed by atoms with Crippen molar-refractivity contribution in [3.8, 4) is 0 Å². The molecule has 0 aliphatic heterocycles. The van der Waals surface area contributed by atoms with Crippen LogP contribution in [0.4, 0.5) is 18.0 Å². The molecular weight excluding hydrogens is 229 g/mol. The monoisotopic (exact) mass is 242 g/mol. The average Bonchev–Trinajstić information content (AvgIpc) is 2.07. The number of hydrogen-bond donors (Lipinski definition) is 3. The molecule has 0 heterocycles. The zero-order valence-corrected chi connectivity index (χ0v) is 8.43. The lowest BCUT2D eigenvalue weighted by molar-refractivity contribution is -0.145. The highest BCUT2D eigenvalue weighted by atomic mass is 19.4. The van der Waals surface area contributed by atoms with Crippen molar-refractivity contribution in [3.63, 3.8) is 0 Å². The number of hydrogen-bond acceptors (Lipinski definition) is 2. The highest BCUT2D eigenvalue weighted by Gasteiger charge is 2.29. The first kappa shape index (κ1) is 14.5. The number of unbranched alkanes of at least 4 members (excludes halogenated alkanes) is 2. The molecule has 0 aromatic rings. The highest BCUT2D eigenvalue weighted by molar-refractivity contribution is 5.74. The van der Waals surface area contributed by atoms with Gasteiger partial charge in [-0.25, -0.2) is 10.1 Å². The molecule has 3 N–H and O–H groups in total. The Hall–Kier alpha value is -1.47. The Labute approximate surface area is 90.0 Å². The summed E-state index contributed by atoms with van der Waals surface area (Å²) in [5, 5.41) is 11.1. The number of alkyl halides is 3. The molecule has 0 saturated heterocycles. The van der Waals surface area contributed by atoms with E-state index in [-0.39, 0.29) is 13.0 Å². The number of carboxylic acids is 1. The van der Waals surface area contributed by atoms with Crippen LogP contribution < -0.4 is 10.6 Å². The van der Waals surface area contributed by atoms with Crippen LogP contribution in [0.5, 0.6) is 0 Å². The third kappa shape index (κ3) is 10.6. The maximum atomic E-state index is 11.6. The van der Waals surface area contributed by atoms with E-state index in [9.17, 15) is 22.8 Å². The van der Waals surface area contributed by atoms with Gasteiger partial charge in [-0.05, 0) is 12.8 Å². The molecule has 0 rings (SSSR count). The number of rotatable bonds is 6. The number of urea groups is 1. The van der Waals surface area contributed by atoms with E-state index in [0.29, 0.717) is 19.3 Å². The van der Waals surface area contributed by atoms with Gasteiger partial charge in [0.2, 0.25) is 0 Å². The van der Waals surface area contributed by atoms with Crippen LogP contribution in [0.2, 0.25) is 0 Å². The number of carbonyl (C=O) groups excluding carboxylic acids is 1. The van der Waals surface area contributed by atoms with E-state index in [1.165, 1.54) is 0 Å². The minimum atomic E-state index is -4.73. The quantitative estimate of drug-likeness (QED) is 0.487. The molecule has 0 aromatic heterocycles. The van der Waals surface area contributed by atoms with Crippen molar-refractivity contribution in [2.24, 2.45) is 0 Å². The smallest absolute Gasteiger partial charge is 0.481 e. The van der Waals surface area contributed by atoms with Crippen molar-refractivity contribution in [3.05, 3.63) is 0 Å². The van der Waals surface area contributed by atoms with Gasteiger partial charge in [0.15, 0.2) is 0 Å². The number of carboxylic acid groups (broad SMARTS) is 1. The van der Waals surface area contributed by atoms with Crippen LogP contribution in [0.1, 0.15) is 25.7 Å². The van der Waals surface area contributed by atoms with Gasteiger partial charge in [0.1, 0.15) is 0 Å². The van der Waals surface area contributed by atoms with E-state index in [0.717, 1.165) is 5.32 Å². The Bertz CT molecular complexity index is 243. The lowest BCUT2D eigenvalue weighted by Crippen LogP contribution is -2.44. The van der Waals surface area contributed by atoms with E-state index in [1.54, 1.807) is 0 Å². The summed E-state index contributed by atoms with van der Waals surface area (Å²) in [6.07, 6.45) is -3.28. The van der Waals surface area contributed by atoms with Gasteiger partial charge >= 0.3 is 18.3 Å². The molecule has 8 heteroatoms. The van der Waals surface area contributed by atoms with Gasteiger partial charge in [-0.3, -0.25) is 4.79 Å². The average molecular weight is 242 g/mol. The van der Waals surface area contributed by atoms with Gasteiger partial charge in [-0.1, -0.05) is 6.42 Å². The number of halogens is 3. The molecule has 94 valence electrons. The Morgan fingerprint density at radius 1 is 1.12 bits per heavy atom. The lowest BCUT2D eigenvalue weighted by Gasteiger charge is -2.09. The maximum Gasteiger partial charge on any atom is 0.485 e. The molecule has 5 nitrogen and oxygen atoms in total. The molecule has 0 aromatic carbocycles. The minimum Gasteiger partial charge on any atom is -0.481 e. The second-order valence-electron chi connectivity index (χ2n) is 3.08. The van der Waals surface area contributed by atoms with E-state index >= 15 is 0 Å². The number of carbonyl (C=O) groups is 2. The molecule has 0 saturated carbocycles. The molecule has 0 atom stereocenters. The molecule has 0 radical (unpaired) electrons.